The molecule has 2 aliphatic rings. The minimum absolute atomic E-state index is 0.0244. The van der Waals surface area contributed by atoms with Gasteiger partial charge < -0.3 is 26.2 Å². The van der Waals surface area contributed by atoms with Crippen molar-refractivity contribution >= 4 is 64.6 Å². The van der Waals surface area contributed by atoms with Crippen LogP contribution in [0.15, 0.2) is 11.3 Å². The number of aliphatic carboxylic acids is 1. The van der Waals surface area contributed by atoms with E-state index in [0.717, 1.165) is 28.2 Å². The lowest BCUT2D eigenvalue weighted by Gasteiger charge is -2.49. The maximum Gasteiger partial charge on any atom is 0.353 e. The normalized spacial score (nSPS) is 20.3. The van der Waals surface area contributed by atoms with E-state index in [9.17, 15) is 33.9 Å². The first kappa shape index (κ1) is 24.1. The Labute approximate surface area is 194 Å². The lowest BCUT2D eigenvalue weighted by atomic mass is 10.0. The van der Waals surface area contributed by atoms with Gasteiger partial charge in [-0.15, -0.1) is 11.8 Å². The number of anilines is 1. The number of nitrogen functional groups attached to an aromatic ring is 1. The molecule has 1 unspecified atom stereocenters. The van der Waals surface area contributed by atoms with Crippen LogP contribution in [-0.2, 0) is 33.5 Å². The van der Waals surface area contributed by atoms with Crippen molar-refractivity contribution in [2.45, 2.75) is 37.2 Å². The topological polar surface area (TPSA) is 211 Å². The molecule has 3 rings (SSSR count). The van der Waals surface area contributed by atoms with Crippen molar-refractivity contribution in [3.63, 3.8) is 0 Å². The van der Waals surface area contributed by atoms with Gasteiger partial charge in [-0.05, 0) is 6.42 Å². The standard InChI is InChI=1S/C17H18N6O8S2/c1-2-3-7(25)31-16(30)6-4-32-14-9(13(27)23(14)10(6)15(28)29)20-12(26)8(19-5-24)11-21-17(18)33-22-11/h5,8-9,14H,2-4H2,1H3,(H,19,24)(H,20,26)(H,28,29)(H2,18,21,22)/t8?,9-,14-/m1/s1. The lowest BCUT2D eigenvalue weighted by Crippen LogP contribution is -2.71. The highest BCUT2D eigenvalue weighted by Crippen LogP contribution is 2.40. The van der Waals surface area contributed by atoms with Gasteiger partial charge in [-0.25, -0.2) is 14.6 Å². The van der Waals surface area contributed by atoms with Crippen LogP contribution in [0.25, 0.3) is 0 Å². The summed E-state index contributed by atoms with van der Waals surface area (Å²) in [6, 6.07) is -2.46. The molecule has 0 saturated carbocycles. The van der Waals surface area contributed by atoms with E-state index < -0.39 is 52.9 Å². The quantitative estimate of drug-likeness (QED) is 0.133. The van der Waals surface area contributed by atoms with E-state index >= 15 is 0 Å². The van der Waals surface area contributed by atoms with Crippen molar-refractivity contribution in [3.05, 3.63) is 17.1 Å². The molecule has 5 N–H and O–H groups in total. The summed E-state index contributed by atoms with van der Waals surface area (Å²) in [5.41, 5.74) is 4.55. The number of aromatic nitrogens is 2. The van der Waals surface area contributed by atoms with Crippen LogP contribution in [0.2, 0.25) is 0 Å². The number of carbonyl (C=O) groups excluding carboxylic acids is 5. The van der Waals surface area contributed by atoms with Gasteiger partial charge in [0.15, 0.2) is 17.0 Å². The summed E-state index contributed by atoms with van der Waals surface area (Å²) in [6.45, 7) is 1.70. The lowest BCUT2D eigenvalue weighted by molar-refractivity contribution is -0.158. The molecule has 0 spiro atoms. The van der Waals surface area contributed by atoms with E-state index in [1.165, 1.54) is 0 Å². The van der Waals surface area contributed by atoms with Crippen LogP contribution in [0.4, 0.5) is 5.13 Å². The fourth-order valence-electron chi connectivity index (χ4n) is 3.13. The molecule has 2 aliphatic heterocycles. The van der Waals surface area contributed by atoms with Gasteiger partial charge in [0, 0.05) is 23.7 Å². The number of rotatable bonds is 9. The molecule has 0 bridgehead atoms. The first-order valence-corrected chi connectivity index (χ1v) is 11.3. The summed E-state index contributed by atoms with van der Waals surface area (Å²) in [5, 5.41) is 13.5. The van der Waals surface area contributed by atoms with Crippen LogP contribution < -0.4 is 16.4 Å². The number of esters is 2. The summed E-state index contributed by atoms with van der Waals surface area (Å²) >= 11 is 1.82. The van der Waals surface area contributed by atoms with E-state index in [4.69, 9.17) is 5.73 Å². The number of amides is 3. The van der Waals surface area contributed by atoms with Crippen LogP contribution in [0.1, 0.15) is 31.6 Å². The molecule has 0 radical (unpaired) electrons. The number of nitrogens with zero attached hydrogens (tertiary/aromatic N) is 3. The summed E-state index contributed by atoms with van der Waals surface area (Å²) in [4.78, 5) is 76.7. The Balaban J connectivity index is 1.77. The van der Waals surface area contributed by atoms with Crippen LogP contribution >= 0.6 is 23.3 Å². The largest absolute Gasteiger partial charge is 0.477 e. The van der Waals surface area contributed by atoms with Crippen LogP contribution in [0, 0.1) is 0 Å². The zero-order valence-corrected chi connectivity index (χ0v) is 18.6. The SMILES string of the molecule is CCCC(=O)OC(=O)C1=C(C(=O)O)N2C(=O)[C@@H](NC(=O)C(NC=O)c3nsc(N)n3)[C@H]2SC1. The number of β-lactam (4-membered cyclic amide) rings is 1. The van der Waals surface area contributed by atoms with Crippen LogP contribution in [0.3, 0.4) is 0 Å². The highest BCUT2D eigenvalue weighted by Gasteiger charge is 2.55. The number of carboxylic acid groups (broad SMARTS) is 1. The van der Waals surface area contributed by atoms with Crippen molar-refractivity contribution in [2.24, 2.45) is 0 Å². The number of ether oxygens (including phenoxy) is 1. The van der Waals surface area contributed by atoms with Gasteiger partial charge in [0.05, 0.1) is 5.57 Å². The molecule has 14 nitrogen and oxygen atoms in total. The van der Waals surface area contributed by atoms with Crippen molar-refractivity contribution < 1.29 is 38.6 Å². The van der Waals surface area contributed by atoms with Crippen LogP contribution in [0.5, 0.6) is 0 Å². The molecule has 176 valence electrons. The Morgan fingerprint density at radius 2 is 2.12 bits per heavy atom. The molecular weight excluding hydrogens is 480 g/mol. The average Bonchev–Trinajstić information content (AvgIpc) is 3.20. The molecular formula is C17H18N6O8S2. The molecule has 3 amide bonds. The maximum absolute atomic E-state index is 12.7. The van der Waals surface area contributed by atoms with E-state index in [1.807, 2.05) is 0 Å². The number of fused-ring (bicyclic) bond motifs is 1. The van der Waals surface area contributed by atoms with Gasteiger partial charge in [0.1, 0.15) is 17.1 Å². The highest BCUT2D eigenvalue weighted by molar-refractivity contribution is 8.00. The first-order valence-electron chi connectivity index (χ1n) is 9.44. The van der Waals surface area contributed by atoms with E-state index in [1.54, 1.807) is 6.92 Å². The van der Waals surface area contributed by atoms with Gasteiger partial charge in [-0.2, -0.15) is 4.37 Å². The fourth-order valence-corrected chi connectivity index (χ4v) is 4.93. The third kappa shape index (κ3) is 4.80. The number of nitrogens with two attached hydrogens (primary N) is 1. The van der Waals surface area contributed by atoms with E-state index in [0.29, 0.717) is 6.42 Å². The molecule has 1 fully saturated rings. The molecule has 3 heterocycles. The van der Waals surface area contributed by atoms with Gasteiger partial charge in [-0.3, -0.25) is 24.1 Å². The highest BCUT2D eigenvalue weighted by atomic mass is 32.2. The number of carbonyl (C=O) groups is 6. The molecule has 0 aliphatic carbocycles. The third-order valence-corrected chi connectivity index (χ3v) is 6.42. The summed E-state index contributed by atoms with van der Waals surface area (Å²) in [7, 11) is 0. The summed E-state index contributed by atoms with van der Waals surface area (Å²) in [5.74, 6) is -5.35. The Hall–Kier alpha value is -3.53. The van der Waals surface area contributed by atoms with E-state index in [-0.39, 0.29) is 35.1 Å². The Morgan fingerprint density at radius 1 is 1.39 bits per heavy atom. The third-order valence-electron chi connectivity index (χ3n) is 4.59. The van der Waals surface area contributed by atoms with Gasteiger partial charge >= 0.3 is 17.9 Å². The van der Waals surface area contributed by atoms with Crippen molar-refractivity contribution in [3.8, 4) is 0 Å². The van der Waals surface area contributed by atoms with E-state index in [2.05, 4.69) is 24.7 Å². The van der Waals surface area contributed by atoms with Crippen molar-refractivity contribution in [2.75, 3.05) is 11.5 Å². The molecule has 0 aromatic carbocycles. The smallest absolute Gasteiger partial charge is 0.353 e. The minimum Gasteiger partial charge on any atom is -0.477 e. The first-order chi connectivity index (χ1) is 15.7. The predicted octanol–water partition coefficient (Wildman–Crippen LogP) is -1.48. The minimum atomic E-state index is -1.56. The second-order valence-corrected chi connectivity index (χ2v) is 8.64. The van der Waals surface area contributed by atoms with Crippen molar-refractivity contribution in [1.29, 1.82) is 0 Å². The molecule has 3 atom stereocenters. The Morgan fingerprint density at radius 3 is 2.70 bits per heavy atom. The zero-order chi connectivity index (χ0) is 24.3. The summed E-state index contributed by atoms with van der Waals surface area (Å²) in [6.07, 6.45) is 0.668. The summed E-state index contributed by atoms with van der Waals surface area (Å²) < 4.78 is 8.54. The van der Waals surface area contributed by atoms with Gasteiger partial charge in [0.25, 0.3) is 11.8 Å². The monoisotopic (exact) mass is 498 g/mol. The number of hydrogen-bond acceptors (Lipinski definition) is 12. The number of nitrogens with one attached hydrogen (secondary N) is 2. The maximum atomic E-state index is 12.7. The molecule has 33 heavy (non-hydrogen) atoms. The molecule has 16 heteroatoms. The fraction of sp³-hybridized carbons (Fsp3) is 0.412. The second kappa shape index (κ2) is 9.95. The number of hydrogen-bond donors (Lipinski definition) is 4. The van der Waals surface area contributed by atoms with Crippen molar-refractivity contribution in [1.82, 2.24) is 24.9 Å². The predicted molar refractivity (Wildman–Crippen MR) is 112 cm³/mol. The van der Waals surface area contributed by atoms with Gasteiger partial charge in [-0.1, -0.05) is 6.92 Å². The Kier molecular flexibility index (Phi) is 7.27. The molecule has 1 saturated heterocycles. The molecule has 1 aromatic heterocycles. The van der Waals surface area contributed by atoms with Gasteiger partial charge in [0.2, 0.25) is 6.41 Å². The number of thioether (sulfide) groups is 1. The Bertz CT molecular complexity index is 1060. The molecule has 1 aromatic rings. The average molecular weight is 498 g/mol. The van der Waals surface area contributed by atoms with Crippen LogP contribution in [-0.4, -0.2) is 72.7 Å². The zero-order valence-electron chi connectivity index (χ0n) is 17.0. The number of carboxylic acids is 1. The second-order valence-electron chi connectivity index (χ2n) is 6.75.